The molecule has 10 nitrogen and oxygen atoms in total. The van der Waals surface area contributed by atoms with Gasteiger partial charge in [-0.3, -0.25) is 15.0 Å². The van der Waals surface area contributed by atoms with Gasteiger partial charge in [-0.25, -0.2) is 13.4 Å². The fourth-order valence-electron chi connectivity index (χ4n) is 2.66. The Bertz CT molecular complexity index is 1110. The molecule has 0 bridgehead atoms. The minimum atomic E-state index is -4.19. The molecule has 2 rings (SSSR count). The number of carboxylic acids is 1. The maximum absolute atomic E-state index is 12.7. The van der Waals surface area contributed by atoms with Gasteiger partial charge in [-0.05, 0) is 29.8 Å². The Morgan fingerprint density at radius 2 is 1.69 bits per heavy atom. The zero-order valence-electron chi connectivity index (χ0n) is 16.5. The van der Waals surface area contributed by atoms with Crippen molar-refractivity contribution in [1.82, 2.24) is 9.73 Å². The number of nitrogens with one attached hydrogen (secondary N) is 3. The lowest BCUT2D eigenvalue weighted by atomic mass is 10.1. The van der Waals surface area contributed by atoms with Gasteiger partial charge >= 0.3 is 5.97 Å². The average Bonchev–Trinajstić information content (AvgIpc) is 2.74. The molecule has 32 heavy (non-hydrogen) atoms. The topological polar surface area (TPSA) is 164 Å². The summed E-state index contributed by atoms with van der Waals surface area (Å²) in [7, 11) is -4.19. The van der Waals surface area contributed by atoms with E-state index in [1.165, 1.54) is 24.3 Å². The van der Waals surface area contributed by atoms with Crippen LogP contribution >= 0.6 is 23.2 Å². The van der Waals surface area contributed by atoms with E-state index in [4.69, 9.17) is 39.2 Å². The predicted molar refractivity (Wildman–Crippen MR) is 118 cm³/mol. The number of rotatable bonds is 11. The van der Waals surface area contributed by atoms with E-state index in [0.29, 0.717) is 10.6 Å². The van der Waals surface area contributed by atoms with Crippen molar-refractivity contribution in [3.8, 4) is 0 Å². The number of carbonyl (C=O) groups excluding carboxylic acids is 1. The Morgan fingerprint density at radius 3 is 2.22 bits per heavy atom. The van der Waals surface area contributed by atoms with E-state index in [0.717, 1.165) is 0 Å². The smallest absolute Gasteiger partial charge is 0.305 e. The summed E-state index contributed by atoms with van der Waals surface area (Å²) >= 11 is 12.2. The number of carbonyl (C=O) groups is 2. The summed E-state index contributed by atoms with van der Waals surface area (Å²) in [5.41, 5.74) is 7.67. The number of carboxylic acid groups (broad SMARTS) is 1. The molecular formula is C19H19Cl2N5O5S. The molecule has 0 amide bonds. The molecule has 0 heterocycles. The number of ketones is 1. The summed E-state index contributed by atoms with van der Waals surface area (Å²) in [6, 6.07) is 10.2. The molecule has 0 aromatic heterocycles. The number of nitrogens with zero attached hydrogens (tertiary/aromatic N) is 2. The first kappa shape index (κ1) is 25.4. The first-order valence-electron chi connectivity index (χ1n) is 9.02. The van der Waals surface area contributed by atoms with Crippen molar-refractivity contribution >= 4 is 50.8 Å². The van der Waals surface area contributed by atoms with Crippen LogP contribution in [0.5, 0.6) is 0 Å². The van der Waals surface area contributed by atoms with Gasteiger partial charge in [0.25, 0.3) is 0 Å². The number of halogens is 2. The van der Waals surface area contributed by atoms with Crippen LogP contribution in [0.3, 0.4) is 0 Å². The summed E-state index contributed by atoms with van der Waals surface area (Å²) in [5, 5.41) is 21.7. The molecule has 1 atom stereocenters. The molecule has 2 aromatic rings. The van der Waals surface area contributed by atoms with Gasteiger partial charge in [0.05, 0.1) is 17.4 Å². The Hall–Kier alpha value is -2.86. The monoisotopic (exact) mass is 499 g/mol. The minimum Gasteiger partial charge on any atom is -0.481 e. The lowest BCUT2D eigenvalue weighted by Gasteiger charge is -2.21. The lowest BCUT2D eigenvalue weighted by molar-refractivity contribution is -0.139. The van der Waals surface area contributed by atoms with Crippen molar-refractivity contribution in [1.29, 1.82) is 10.9 Å². The standard InChI is InChI=1S/C19H19Cl2N5O5S/c20-14-7-4-8-15(21)13(14)9-18(22)26(25-23)11-17(27)16(10-19(28)29)24-32(30,31)12-5-2-1-3-6-12/h1-8,16,22-24H,9-11H2,(H,28,29). The molecular weight excluding hydrogens is 481 g/mol. The summed E-state index contributed by atoms with van der Waals surface area (Å²) in [6.07, 6.45) is -0.992. The van der Waals surface area contributed by atoms with Crippen LogP contribution in [0, 0.1) is 10.9 Å². The number of Topliss-reactive ketones (excluding diaryl/α,β-unsaturated/α-hetero) is 1. The van der Waals surface area contributed by atoms with Crippen LogP contribution in [0.2, 0.25) is 10.0 Å². The SMILES string of the molecule is N=NN(CC(=O)C(CC(=O)O)NS(=O)(=O)c1ccccc1)C(=N)Cc1c(Cl)cccc1Cl. The van der Waals surface area contributed by atoms with E-state index >= 15 is 0 Å². The fraction of sp³-hybridized carbons (Fsp3) is 0.211. The number of hydrogen-bond donors (Lipinski definition) is 4. The molecule has 2 aromatic carbocycles. The van der Waals surface area contributed by atoms with Crippen LogP contribution in [0.25, 0.3) is 0 Å². The summed E-state index contributed by atoms with van der Waals surface area (Å²) in [6.45, 7) is -0.709. The third-order valence-electron chi connectivity index (χ3n) is 4.26. The first-order chi connectivity index (χ1) is 15.0. The zero-order chi connectivity index (χ0) is 23.9. The summed E-state index contributed by atoms with van der Waals surface area (Å²) in [4.78, 5) is 23.8. The second-order valence-corrected chi connectivity index (χ2v) is 9.06. The highest BCUT2D eigenvalue weighted by Gasteiger charge is 2.30. The van der Waals surface area contributed by atoms with Crippen molar-refractivity contribution in [2.75, 3.05) is 6.54 Å². The molecule has 1 unspecified atom stereocenters. The second-order valence-electron chi connectivity index (χ2n) is 6.53. The quantitative estimate of drug-likeness (QED) is 0.160. The maximum atomic E-state index is 12.7. The highest BCUT2D eigenvalue weighted by Crippen LogP contribution is 2.25. The van der Waals surface area contributed by atoms with Gasteiger partial charge in [0.2, 0.25) is 10.0 Å². The largest absolute Gasteiger partial charge is 0.481 e. The van der Waals surface area contributed by atoms with Gasteiger partial charge in [-0.15, -0.1) is 0 Å². The van der Waals surface area contributed by atoms with Crippen LogP contribution < -0.4 is 4.72 Å². The zero-order valence-corrected chi connectivity index (χ0v) is 18.8. The first-order valence-corrected chi connectivity index (χ1v) is 11.3. The van der Waals surface area contributed by atoms with Gasteiger partial charge in [-0.1, -0.05) is 52.7 Å². The Balaban J connectivity index is 2.19. The Morgan fingerprint density at radius 1 is 1.09 bits per heavy atom. The molecule has 4 N–H and O–H groups in total. The van der Waals surface area contributed by atoms with Crippen molar-refractivity contribution in [3.05, 3.63) is 64.1 Å². The molecule has 0 radical (unpaired) electrons. The van der Waals surface area contributed by atoms with Crippen molar-refractivity contribution in [2.24, 2.45) is 5.22 Å². The van der Waals surface area contributed by atoms with E-state index in [-0.39, 0.29) is 27.2 Å². The second kappa shape index (κ2) is 11.1. The number of hydrogen-bond acceptors (Lipinski definition) is 7. The van der Waals surface area contributed by atoms with Crippen molar-refractivity contribution in [2.45, 2.75) is 23.8 Å². The van der Waals surface area contributed by atoms with Crippen LogP contribution in [0.1, 0.15) is 12.0 Å². The van der Waals surface area contributed by atoms with Crippen LogP contribution in [-0.2, 0) is 26.0 Å². The van der Waals surface area contributed by atoms with Gasteiger partial charge in [0, 0.05) is 16.5 Å². The molecule has 0 aliphatic heterocycles. The Kier molecular flexibility index (Phi) is 8.84. The highest BCUT2D eigenvalue weighted by molar-refractivity contribution is 7.89. The number of benzene rings is 2. The molecule has 0 spiro atoms. The average molecular weight is 500 g/mol. The van der Waals surface area contributed by atoms with Gasteiger partial charge < -0.3 is 5.11 Å². The van der Waals surface area contributed by atoms with Gasteiger partial charge in [0.15, 0.2) is 5.78 Å². The molecule has 0 aliphatic carbocycles. The molecule has 0 saturated heterocycles. The van der Waals surface area contributed by atoms with Crippen molar-refractivity contribution < 1.29 is 23.1 Å². The van der Waals surface area contributed by atoms with E-state index < -0.39 is 40.8 Å². The van der Waals surface area contributed by atoms with E-state index in [9.17, 15) is 18.0 Å². The third-order valence-corrected chi connectivity index (χ3v) is 6.46. The van der Waals surface area contributed by atoms with E-state index in [1.807, 2.05) is 0 Å². The molecule has 13 heteroatoms. The van der Waals surface area contributed by atoms with Crippen LogP contribution in [-0.4, -0.2) is 48.7 Å². The van der Waals surface area contributed by atoms with Crippen LogP contribution in [0.4, 0.5) is 0 Å². The molecule has 0 aliphatic rings. The molecule has 0 saturated carbocycles. The van der Waals surface area contributed by atoms with E-state index in [1.54, 1.807) is 24.3 Å². The lowest BCUT2D eigenvalue weighted by Crippen LogP contribution is -2.46. The van der Waals surface area contributed by atoms with Gasteiger partial charge in [0.1, 0.15) is 12.4 Å². The highest BCUT2D eigenvalue weighted by atomic mass is 35.5. The summed E-state index contributed by atoms with van der Waals surface area (Å²) in [5.74, 6) is -2.62. The van der Waals surface area contributed by atoms with E-state index in [2.05, 4.69) is 9.95 Å². The van der Waals surface area contributed by atoms with Crippen molar-refractivity contribution in [3.63, 3.8) is 0 Å². The number of sulfonamides is 1. The maximum Gasteiger partial charge on any atom is 0.305 e. The third kappa shape index (κ3) is 6.82. The fourth-order valence-corrected chi connectivity index (χ4v) is 4.43. The molecule has 0 fully saturated rings. The predicted octanol–water partition coefficient (Wildman–Crippen LogP) is 3.15. The van der Waals surface area contributed by atoms with Gasteiger partial charge in [-0.2, -0.15) is 10.3 Å². The molecule has 170 valence electrons. The van der Waals surface area contributed by atoms with Crippen LogP contribution in [0.15, 0.2) is 58.6 Å². The Labute approximate surface area is 194 Å². The minimum absolute atomic E-state index is 0.147. The number of amidine groups is 1. The number of aliphatic carboxylic acids is 1. The normalized spacial score (nSPS) is 12.1. The summed E-state index contributed by atoms with van der Waals surface area (Å²) < 4.78 is 27.1.